The van der Waals surface area contributed by atoms with E-state index in [1.54, 1.807) is 11.3 Å². The largest absolute Gasteiger partial charge is 0.466 e. The van der Waals surface area contributed by atoms with Gasteiger partial charge in [0.25, 0.3) is 5.91 Å². The van der Waals surface area contributed by atoms with Crippen molar-refractivity contribution >= 4 is 29.0 Å². The minimum Gasteiger partial charge on any atom is -0.466 e. The van der Waals surface area contributed by atoms with Gasteiger partial charge in [0.1, 0.15) is 5.82 Å². The van der Waals surface area contributed by atoms with Crippen molar-refractivity contribution in [2.45, 2.75) is 45.2 Å². The third-order valence-electron chi connectivity index (χ3n) is 7.89. The number of rotatable bonds is 8. The summed E-state index contributed by atoms with van der Waals surface area (Å²) < 4.78 is 5.29. The zero-order valence-corrected chi connectivity index (χ0v) is 23.7. The Morgan fingerprint density at radius 3 is 2.56 bits per heavy atom. The highest BCUT2D eigenvalue weighted by Gasteiger charge is 2.34. The molecule has 1 unspecified atom stereocenters. The molecule has 0 bridgehead atoms. The molecule has 0 spiro atoms. The molecule has 2 aromatic heterocycles. The van der Waals surface area contributed by atoms with Crippen molar-refractivity contribution in [1.82, 2.24) is 14.8 Å². The fourth-order valence-corrected chi connectivity index (χ4v) is 6.45. The van der Waals surface area contributed by atoms with Crippen LogP contribution in [0.3, 0.4) is 0 Å². The Hall–Kier alpha value is -3.23. The van der Waals surface area contributed by atoms with Crippen LogP contribution in [-0.4, -0.2) is 72.5 Å². The summed E-state index contributed by atoms with van der Waals surface area (Å²) in [6.45, 7) is 6.15. The number of carbonyl (C=O) groups is 2. The fraction of sp³-hybridized carbons (Fsp3) is 0.452. The highest BCUT2D eigenvalue weighted by Crippen LogP contribution is 2.29. The van der Waals surface area contributed by atoms with Crippen LogP contribution in [0.1, 0.15) is 48.5 Å². The van der Waals surface area contributed by atoms with E-state index in [-0.39, 0.29) is 17.8 Å². The number of likely N-dealkylation sites (tertiary alicyclic amines) is 2. The normalized spacial score (nSPS) is 18.6. The van der Waals surface area contributed by atoms with Crippen LogP contribution in [-0.2, 0) is 16.1 Å². The highest BCUT2D eigenvalue weighted by atomic mass is 32.1. The average Bonchev–Trinajstić information content (AvgIpc) is 3.53. The van der Waals surface area contributed by atoms with Gasteiger partial charge in [-0.3, -0.25) is 14.5 Å². The first kappa shape index (κ1) is 27.3. The van der Waals surface area contributed by atoms with E-state index in [0.717, 1.165) is 50.0 Å². The minimum atomic E-state index is -0.0691. The number of pyridine rings is 1. The van der Waals surface area contributed by atoms with Crippen LogP contribution in [0, 0.1) is 5.92 Å². The van der Waals surface area contributed by atoms with Gasteiger partial charge in [0.05, 0.1) is 23.8 Å². The minimum absolute atomic E-state index is 0.0334. The number of aromatic nitrogens is 1. The number of nitrogens with zero attached hydrogens (tertiary/aromatic N) is 4. The van der Waals surface area contributed by atoms with Crippen molar-refractivity contribution in [2.75, 3.05) is 44.7 Å². The van der Waals surface area contributed by atoms with Crippen molar-refractivity contribution in [1.29, 1.82) is 0 Å². The van der Waals surface area contributed by atoms with E-state index in [4.69, 9.17) is 9.72 Å². The summed E-state index contributed by atoms with van der Waals surface area (Å²) >= 11 is 1.64. The fourth-order valence-electron chi connectivity index (χ4n) is 5.80. The molecule has 2 aliphatic rings. The second-order valence-electron chi connectivity index (χ2n) is 10.5. The molecule has 2 fully saturated rings. The molecular weight excluding hydrogens is 508 g/mol. The maximum Gasteiger partial charge on any atom is 0.310 e. The molecule has 7 nitrogen and oxygen atoms in total. The number of esters is 1. The summed E-state index contributed by atoms with van der Waals surface area (Å²) in [5.74, 6) is 0.646. The Morgan fingerprint density at radius 1 is 1.05 bits per heavy atom. The van der Waals surface area contributed by atoms with Crippen molar-refractivity contribution < 1.29 is 14.3 Å². The number of carbonyl (C=O) groups excluding carboxylic acids is 2. The van der Waals surface area contributed by atoms with Crippen LogP contribution in [0.15, 0.2) is 59.3 Å². The lowest BCUT2D eigenvalue weighted by Crippen LogP contribution is -2.50. The number of piperidine rings is 2. The van der Waals surface area contributed by atoms with Gasteiger partial charge < -0.3 is 14.5 Å². The van der Waals surface area contributed by atoms with Gasteiger partial charge in [0, 0.05) is 50.2 Å². The number of amides is 1. The number of anilines is 1. The Labute approximate surface area is 235 Å². The van der Waals surface area contributed by atoms with E-state index < -0.39 is 0 Å². The first-order valence-electron chi connectivity index (χ1n) is 14.0. The van der Waals surface area contributed by atoms with Crippen LogP contribution in [0.5, 0.6) is 0 Å². The first-order valence-corrected chi connectivity index (χ1v) is 15.0. The lowest BCUT2D eigenvalue weighted by Gasteiger charge is -2.42. The predicted octanol–water partition coefficient (Wildman–Crippen LogP) is 5.33. The molecule has 1 amide bonds. The predicted molar refractivity (Wildman–Crippen MR) is 156 cm³/mol. The second-order valence-corrected chi connectivity index (χ2v) is 11.3. The van der Waals surface area contributed by atoms with Gasteiger partial charge in [-0.2, -0.15) is 11.3 Å². The third kappa shape index (κ3) is 6.50. The number of thiophene rings is 1. The maximum absolute atomic E-state index is 13.9. The second kappa shape index (κ2) is 12.7. The van der Waals surface area contributed by atoms with Crippen LogP contribution in [0.25, 0.3) is 11.3 Å². The molecule has 39 heavy (non-hydrogen) atoms. The molecule has 0 saturated carbocycles. The molecule has 0 N–H and O–H groups in total. The number of hydrogen-bond donors (Lipinski definition) is 0. The van der Waals surface area contributed by atoms with E-state index >= 15 is 0 Å². The van der Waals surface area contributed by atoms with E-state index in [9.17, 15) is 9.59 Å². The molecule has 0 aliphatic carbocycles. The lowest BCUT2D eigenvalue weighted by molar-refractivity contribution is -0.150. The molecule has 5 rings (SSSR count). The zero-order chi connectivity index (χ0) is 27.2. The molecule has 0 radical (unpaired) electrons. The van der Waals surface area contributed by atoms with Crippen LogP contribution in [0.2, 0.25) is 0 Å². The Balaban J connectivity index is 1.29. The van der Waals surface area contributed by atoms with E-state index in [0.29, 0.717) is 43.7 Å². The summed E-state index contributed by atoms with van der Waals surface area (Å²) in [5, 5.41) is 4.13. The highest BCUT2D eigenvalue weighted by molar-refractivity contribution is 7.08. The van der Waals surface area contributed by atoms with E-state index in [2.05, 4.69) is 33.4 Å². The summed E-state index contributed by atoms with van der Waals surface area (Å²) in [6, 6.07) is 16.6. The van der Waals surface area contributed by atoms with Crippen LogP contribution >= 0.6 is 11.3 Å². The molecule has 2 saturated heterocycles. The van der Waals surface area contributed by atoms with Crippen molar-refractivity contribution in [2.24, 2.45) is 5.92 Å². The third-order valence-corrected chi connectivity index (χ3v) is 8.57. The summed E-state index contributed by atoms with van der Waals surface area (Å²) in [6.07, 6.45) is 3.75. The van der Waals surface area contributed by atoms with Gasteiger partial charge in [0.15, 0.2) is 0 Å². The van der Waals surface area contributed by atoms with Gasteiger partial charge in [-0.15, -0.1) is 0 Å². The molecule has 8 heteroatoms. The molecule has 1 atom stereocenters. The molecule has 206 valence electrons. The van der Waals surface area contributed by atoms with Crippen LogP contribution in [0.4, 0.5) is 5.82 Å². The smallest absolute Gasteiger partial charge is 0.310 e. The van der Waals surface area contributed by atoms with Gasteiger partial charge in [-0.1, -0.05) is 30.3 Å². The molecule has 4 heterocycles. The van der Waals surface area contributed by atoms with Crippen molar-refractivity contribution in [3.05, 3.63) is 70.4 Å². The Morgan fingerprint density at radius 2 is 1.85 bits per heavy atom. The average molecular weight is 547 g/mol. The van der Waals surface area contributed by atoms with Crippen molar-refractivity contribution in [3.8, 4) is 11.3 Å². The lowest BCUT2D eigenvalue weighted by atomic mass is 9.93. The molecule has 2 aliphatic heterocycles. The van der Waals surface area contributed by atoms with Gasteiger partial charge in [-0.25, -0.2) is 4.98 Å². The van der Waals surface area contributed by atoms with Gasteiger partial charge in [0.2, 0.25) is 0 Å². The Kier molecular flexibility index (Phi) is 8.94. The standard InChI is InChI=1S/C31H38N4O3S/c1-3-38-31(37)24-10-7-16-35(21-24)26-13-17-34(18-14-26)30(36)27-11-12-28(25-15-19-39-22-25)32-29(27)33(2)20-23-8-5-4-6-9-23/h4-6,8-9,11-12,15,19,22,24,26H,3,7,10,13-14,16-18,20-21H2,1-2H3. The summed E-state index contributed by atoms with van der Waals surface area (Å²) in [5.41, 5.74) is 3.76. The van der Waals surface area contributed by atoms with Crippen molar-refractivity contribution in [3.63, 3.8) is 0 Å². The monoisotopic (exact) mass is 546 g/mol. The van der Waals surface area contributed by atoms with E-state index in [1.807, 2.05) is 54.6 Å². The number of benzene rings is 1. The van der Waals surface area contributed by atoms with Crippen LogP contribution < -0.4 is 4.90 Å². The zero-order valence-electron chi connectivity index (χ0n) is 22.9. The SMILES string of the molecule is CCOC(=O)C1CCCN(C2CCN(C(=O)c3ccc(-c4ccsc4)nc3N(C)Cc3ccccc3)CC2)C1. The topological polar surface area (TPSA) is 66.0 Å². The number of hydrogen-bond acceptors (Lipinski definition) is 7. The summed E-state index contributed by atoms with van der Waals surface area (Å²) in [4.78, 5) is 37.7. The molecule has 1 aromatic carbocycles. The van der Waals surface area contributed by atoms with Gasteiger partial charge >= 0.3 is 5.97 Å². The quantitative estimate of drug-likeness (QED) is 0.356. The maximum atomic E-state index is 13.9. The Bertz CT molecular complexity index is 1240. The van der Waals surface area contributed by atoms with Gasteiger partial charge in [-0.05, 0) is 68.3 Å². The first-order chi connectivity index (χ1) is 19.0. The molecular formula is C31H38N4O3S. The summed E-state index contributed by atoms with van der Waals surface area (Å²) in [7, 11) is 2.01. The number of ether oxygens (including phenoxy) is 1. The van der Waals surface area contributed by atoms with E-state index in [1.165, 1.54) is 5.56 Å². The molecule has 3 aromatic rings.